The Bertz CT molecular complexity index is 988. The number of hydrogen-bond donors (Lipinski definition) is 2. The summed E-state index contributed by atoms with van der Waals surface area (Å²) in [7, 11) is 0. The van der Waals surface area contributed by atoms with Crippen molar-refractivity contribution in [3.63, 3.8) is 0 Å². The number of ether oxygens (including phenoxy) is 1. The van der Waals surface area contributed by atoms with Crippen LogP contribution in [0.2, 0.25) is 0 Å². The molecule has 5 nitrogen and oxygen atoms in total. The number of nitrogens with one attached hydrogen (secondary N) is 2. The van der Waals surface area contributed by atoms with Gasteiger partial charge in [0.2, 0.25) is 5.43 Å². The fourth-order valence-electron chi connectivity index (χ4n) is 2.21. The third-order valence-corrected chi connectivity index (χ3v) is 3.54. The summed E-state index contributed by atoms with van der Waals surface area (Å²) < 4.78 is 31.5. The molecule has 0 spiro atoms. The Morgan fingerprint density at radius 3 is 2.50 bits per heavy atom. The van der Waals surface area contributed by atoms with E-state index in [1.54, 1.807) is 0 Å². The first-order chi connectivity index (χ1) is 12.5. The van der Waals surface area contributed by atoms with Gasteiger partial charge in [-0.15, -0.1) is 0 Å². The predicted molar refractivity (Wildman–Crippen MR) is 92.1 cm³/mol. The zero-order valence-electron chi connectivity index (χ0n) is 13.5. The number of anilines is 1. The van der Waals surface area contributed by atoms with Crippen LogP contribution in [0, 0.1) is 11.6 Å². The van der Waals surface area contributed by atoms with Crippen LogP contribution in [0.1, 0.15) is 16.1 Å². The van der Waals surface area contributed by atoms with Gasteiger partial charge in [-0.25, -0.2) is 8.78 Å². The quantitative estimate of drug-likeness (QED) is 0.735. The number of amides is 1. The highest BCUT2D eigenvalue weighted by molar-refractivity contribution is 6.02. The first-order valence-corrected chi connectivity index (χ1v) is 7.69. The first-order valence-electron chi connectivity index (χ1n) is 7.69. The molecule has 0 radical (unpaired) electrons. The lowest BCUT2D eigenvalue weighted by molar-refractivity contribution is 0.102. The number of halogens is 2. The van der Waals surface area contributed by atoms with Crippen molar-refractivity contribution in [2.24, 2.45) is 0 Å². The number of aromatic nitrogens is 1. The van der Waals surface area contributed by atoms with Crippen LogP contribution in [-0.2, 0) is 6.61 Å². The molecule has 3 rings (SSSR count). The highest BCUT2D eigenvalue weighted by Gasteiger charge is 2.11. The zero-order chi connectivity index (χ0) is 18.5. The molecule has 7 heteroatoms. The molecule has 132 valence electrons. The second-order valence-electron chi connectivity index (χ2n) is 5.43. The van der Waals surface area contributed by atoms with Gasteiger partial charge in [-0.3, -0.25) is 9.59 Å². The van der Waals surface area contributed by atoms with Gasteiger partial charge in [-0.05, 0) is 17.7 Å². The van der Waals surface area contributed by atoms with Gasteiger partial charge < -0.3 is 15.0 Å². The van der Waals surface area contributed by atoms with Gasteiger partial charge in [-0.2, -0.15) is 0 Å². The molecule has 0 saturated heterocycles. The van der Waals surface area contributed by atoms with Crippen LogP contribution < -0.4 is 15.5 Å². The predicted octanol–water partition coefficient (Wildman–Crippen LogP) is 3.48. The van der Waals surface area contributed by atoms with Crippen molar-refractivity contribution in [2.45, 2.75) is 6.61 Å². The van der Waals surface area contributed by atoms with E-state index in [0.717, 1.165) is 23.8 Å². The van der Waals surface area contributed by atoms with Crippen LogP contribution in [0.4, 0.5) is 14.5 Å². The lowest BCUT2D eigenvalue weighted by Crippen LogP contribution is -2.18. The molecule has 2 N–H and O–H groups in total. The third kappa shape index (κ3) is 4.13. The van der Waals surface area contributed by atoms with Crippen molar-refractivity contribution < 1.29 is 18.3 Å². The summed E-state index contributed by atoms with van der Waals surface area (Å²) in [6, 6.07) is 13.3. The molecular formula is C19H14F2N2O3. The van der Waals surface area contributed by atoms with Crippen molar-refractivity contribution >= 4 is 11.6 Å². The van der Waals surface area contributed by atoms with E-state index in [2.05, 4.69) is 10.3 Å². The van der Waals surface area contributed by atoms with Gasteiger partial charge in [0.1, 0.15) is 12.3 Å². The summed E-state index contributed by atoms with van der Waals surface area (Å²) in [5, 5.41) is 2.37. The van der Waals surface area contributed by atoms with Gasteiger partial charge in [0, 0.05) is 24.0 Å². The van der Waals surface area contributed by atoms with Gasteiger partial charge in [0.25, 0.3) is 5.91 Å². The number of hydrogen-bond acceptors (Lipinski definition) is 3. The molecule has 0 bridgehead atoms. The topological polar surface area (TPSA) is 71.2 Å². The number of benzene rings is 2. The maximum absolute atomic E-state index is 13.2. The van der Waals surface area contributed by atoms with E-state index >= 15 is 0 Å². The normalized spacial score (nSPS) is 10.4. The number of H-pyrrole nitrogens is 1. The van der Waals surface area contributed by atoms with Crippen LogP contribution in [0.5, 0.6) is 5.75 Å². The number of carbonyl (C=O) groups excluding carboxylic acids is 1. The molecule has 1 aromatic heterocycles. The summed E-state index contributed by atoms with van der Waals surface area (Å²) in [6.07, 6.45) is 1.28. The van der Waals surface area contributed by atoms with Crippen molar-refractivity contribution in [3.05, 3.63) is 93.9 Å². The second kappa shape index (κ2) is 7.60. The average Bonchev–Trinajstić information content (AvgIpc) is 2.64. The number of aromatic amines is 1. The third-order valence-electron chi connectivity index (χ3n) is 3.54. The monoisotopic (exact) mass is 356 g/mol. The Labute approximate surface area is 147 Å². The summed E-state index contributed by atoms with van der Waals surface area (Å²) in [4.78, 5) is 26.9. The lowest BCUT2D eigenvalue weighted by atomic mass is 10.2. The molecule has 26 heavy (non-hydrogen) atoms. The average molecular weight is 356 g/mol. The summed E-state index contributed by atoms with van der Waals surface area (Å²) in [5.41, 5.74) is 0.452. The molecule has 0 aliphatic carbocycles. The lowest BCUT2D eigenvalue weighted by Gasteiger charge is -2.08. The van der Waals surface area contributed by atoms with Crippen molar-refractivity contribution in [2.75, 3.05) is 5.32 Å². The summed E-state index contributed by atoms with van der Waals surface area (Å²) >= 11 is 0. The van der Waals surface area contributed by atoms with E-state index in [1.165, 1.54) is 12.3 Å². The molecule has 0 aliphatic heterocycles. The van der Waals surface area contributed by atoms with Gasteiger partial charge in [-0.1, -0.05) is 30.3 Å². The Kier molecular flexibility index (Phi) is 5.07. The van der Waals surface area contributed by atoms with Crippen molar-refractivity contribution in [1.82, 2.24) is 4.98 Å². The summed E-state index contributed by atoms with van der Waals surface area (Å²) in [5.74, 6) is -2.70. The molecule has 0 aliphatic rings. The van der Waals surface area contributed by atoms with E-state index in [-0.39, 0.29) is 23.7 Å². The fraction of sp³-hybridized carbons (Fsp3) is 0.0526. The molecule has 1 amide bonds. The van der Waals surface area contributed by atoms with Crippen molar-refractivity contribution in [3.8, 4) is 5.75 Å². The van der Waals surface area contributed by atoms with Gasteiger partial charge >= 0.3 is 0 Å². The molecular weight excluding hydrogens is 342 g/mol. The van der Waals surface area contributed by atoms with E-state index in [9.17, 15) is 18.4 Å². The Hall–Kier alpha value is -3.48. The largest absolute Gasteiger partial charge is 0.483 e. The van der Waals surface area contributed by atoms with Crippen LogP contribution in [0.3, 0.4) is 0 Å². The van der Waals surface area contributed by atoms with E-state index < -0.39 is 23.0 Å². The Balaban J connectivity index is 1.69. The maximum atomic E-state index is 13.2. The molecule has 0 saturated carbocycles. The van der Waals surface area contributed by atoms with Crippen LogP contribution in [-0.4, -0.2) is 10.9 Å². The van der Waals surface area contributed by atoms with Crippen LogP contribution in [0.25, 0.3) is 0 Å². The smallest absolute Gasteiger partial charge is 0.272 e. The Morgan fingerprint density at radius 2 is 1.81 bits per heavy atom. The number of pyridine rings is 1. The molecule has 0 fully saturated rings. The van der Waals surface area contributed by atoms with Gasteiger partial charge in [0.15, 0.2) is 17.4 Å². The first kappa shape index (κ1) is 17.3. The zero-order valence-corrected chi connectivity index (χ0v) is 13.5. The minimum Gasteiger partial charge on any atom is -0.483 e. The SMILES string of the molecule is O=C(Nc1ccc(F)c(F)c1)c1cc(=O)c(OCc2ccccc2)c[nH]1. The maximum Gasteiger partial charge on any atom is 0.272 e. The van der Waals surface area contributed by atoms with Crippen LogP contribution in [0.15, 0.2) is 65.6 Å². The number of carbonyl (C=O) groups is 1. The molecule has 0 atom stereocenters. The second-order valence-corrected chi connectivity index (χ2v) is 5.43. The standard InChI is InChI=1S/C19H14F2N2O3/c20-14-7-6-13(8-15(14)21)23-19(25)16-9-17(24)18(10-22-16)26-11-12-4-2-1-3-5-12/h1-10H,11H2,(H,22,24)(H,23,25). The number of rotatable bonds is 5. The minimum atomic E-state index is -1.08. The molecule has 1 heterocycles. The van der Waals surface area contributed by atoms with Crippen molar-refractivity contribution in [1.29, 1.82) is 0 Å². The van der Waals surface area contributed by atoms with Crippen LogP contribution >= 0.6 is 0 Å². The summed E-state index contributed by atoms with van der Waals surface area (Å²) in [6.45, 7) is 0.213. The molecule has 0 unspecified atom stereocenters. The highest BCUT2D eigenvalue weighted by atomic mass is 19.2. The van der Waals surface area contributed by atoms with E-state index in [4.69, 9.17) is 4.74 Å². The molecule has 2 aromatic carbocycles. The minimum absolute atomic E-state index is 0.0354. The highest BCUT2D eigenvalue weighted by Crippen LogP contribution is 2.14. The fourth-order valence-corrected chi connectivity index (χ4v) is 2.21. The van der Waals surface area contributed by atoms with E-state index in [0.29, 0.717) is 0 Å². The van der Waals surface area contributed by atoms with E-state index in [1.807, 2.05) is 30.3 Å². The molecule has 3 aromatic rings. The van der Waals surface area contributed by atoms with Gasteiger partial charge in [0.05, 0.1) is 0 Å². The Morgan fingerprint density at radius 1 is 1.04 bits per heavy atom.